The third kappa shape index (κ3) is 1.19. The quantitative estimate of drug-likeness (QED) is 0.748. The van der Waals surface area contributed by atoms with Gasteiger partial charge in [-0.3, -0.25) is 0 Å². The lowest BCUT2D eigenvalue weighted by atomic mass is 10.0. The van der Waals surface area contributed by atoms with Crippen molar-refractivity contribution in [2.24, 2.45) is 11.8 Å². The number of nitrogens with one attached hydrogen (secondary N) is 1. The summed E-state index contributed by atoms with van der Waals surface area (Å²) in [4.78, 5) is 0. The molecular formula is C13H17N. The first-order valence-corrected chi connectivity index (χ1v) is 5.69. The molecule has 1 aliphatic carbocycles. The Morgan fingerprint density at radius 2 is 1.79 bits per heavy atom. The second-order valence-corrected chi connectivity index (χ2v) is 4.61. The van der Waals surface area contributed by atoms with Gasteiger partial charge in [-0.1, -0.05) is 31.2 Å². The fourth-order valence-electron chi connectivity index (χ4n) is 2.89. The Balaban J connectivity index is 1.78. The molecule has 14 heavy (non-hydrogen) atoms. The predicted molar refractivity (Wildman–Crippen MR) is 58.4 cm³/mol. The van der Waals surface area contributed by atoms with Crippen molar-refractivity contribution in [1.29, 1.82) is 0 Å². The van der Waals surface area contributed by atoms with Crippen molar-refractivity contribution in [1.82, 2.24) is 5.32 Å². The number of fused-ring (bicyclic) bond motifs is 1. The zero-order valence-electron chi connectivity index (χ0n) is 8.66. The third-order valence-corrected chi connectivity index (χ3v) is 3.86. The molecule has 1 saturated carbocycles. The zero-order chi connectivity index (χ0) is 9.54. The Morgan fingerprint density at radius 3 is 2.36 bits per heavy atom. The summed E-state index contributed by atoms with van der Waals surface area (Å²) >= 11 is 0. The molecule has 3 atom stereocenters. The highest BCUT2D eigenvalue weighted by Gasteiger charge is 2.53. The van der Waals surface area contributed by atoms with E-state index in [-0.39, 0.29) is 0 Å². The van der Waals surface area contributed by atoms with E-state index in [1.165, 1.54) is 18.7 Å². The maximum atomic E-state index is 3.44. The fraction of sp³-hybridized carbons (Fsp3) is 0.538. The molecule has 0 bridgehead atoms. The fourth-order valence-corrected chi connectivity index (χ4v) is 2.89. The van der Waals surface area contributed by atoms with Crippen LogP contribution in [-0.2, 0) is 6.42 Å². The number of benzene rings is 1. The Kier molecular flexibility index (Phi) is 1.88. The number of rotatable bonds is 2. The SMILES string of the molecule is CCc1ccc(C2[C@H]3CNC[C@@H]23)cc1. The molecule has 1 unspecified atom stereocenters. The monoisotopic (exact) mass is 187 g/mol. The summed E-state index contributed by atoms with van der Waals surface area (Å²) in [7, 11) is 0. The predicted octanol–water partition coefficient (Wildman–Crippen LogP) is 2.18. The van der Waals surface area contributed by atoms with Crippen LogP contribution in [0.1, 0.15) is 24.0 Å². The van der Waals surface area contributed by atoms with Gasteiger partial charge in [-0.25, -0.2) is 0 Å². The normalized spacial score (nSPS) is 34.2. The lowest BCUT2D eigenvalue weighted by molar-refractivity contribution is 0.684. The number of piperidine rings is 1. The van der Waals surface area contributed by atoms with Crippen LogP contribution in [0.15, 0.2) is 24.3 Å². The lowest BCUT2D eigenvalue weighted by Crippen LogP contribution is -2.13. The molecule has 3 rings (SSSR count). The zero-order valence-corrected chi connectivity index (χ0v) is 8.66. The van der Waals surface area contributed by atoms with Crippen LogP contribution in [-0.4, -0.2) is 13.1 Å². The van der Waals surface area contributed by atoms with Gasteiger partial charge in [0.05, 0.1) is 0 Å². The van der Waals surface area contributed by atoms with Crippen LogP contribution >= 0.6 is 0 Å². The molecule has 2 aliphatic rings. The molecule has 2 fully saturated rings. The maximum absolute atomic E-state index is 3.44. The van der Waals surface area contributed by atoms with Crippen molar-refractivity contribution in [3.8, 4) is 0 Å². The van der Waals surface area contributed by atoms with Gasteiger partial charge < -0.3 is 5.32 Å². The first kappa shape index (κ1) is 8.49. The first-order valence-electron chi connectivity index (χ1n) is 5.69. The Hall–Kier alpha value is -0.820. The molecule has 1 saturated heterocycles. The maximum Gasteiger partial charge on any atom is -0.00111 e. The van der Waals surface area contributed by atoms with E-state index in [1.54, 1.807) is 5.56 Å². The van der Waals surface area contributed by atoms with Crippen LogP contribution in [0.2, 0.25) is 0 Å². The molecular weight excluding hydrogens is 170 g/mol. The lowest BCUT2D eigenvalue weighted by Gasteiger charge is -2.05. The molecule has 1 nitrogen and oxygen atoms in total. The highest BCUT2D eigenvalue weighted by Crippen LogP contribution is 2.55. The van der Waals surface area contributed by atoms with Gasteiger partial charge in [0.1, 0.15) is 0 Å². The van der Waals surface area contributed by atoms with Gasteiger partial charge in [0.2, 0.25) is 0 Å². The molecule has 1 aliphatic heterocycles. The summed E-state index contributed by atoms with van der Waals surface area (Å²) in [6, 6.07) is 9.25. The second kappa shape index (κ2) is 3.09. The van der Waals surface area contributed by atoms with Crippen molar-refractivity contribution in [3.05, 3.63) is 35.4 Å². The average molecular weight is 187 g/mol. The van der Waals surface area contributed by atoms with Gasteiger partial charge in [0.25, 0.3) is 0 Å². The van der Waals surface area contributed by atoms with Crippen molar-refractivity contribution >= 4 is 0 Å². The van der Waals surface area contributed by atoms with E-state index >= 15 is 0 Å². The van der Waals surface area contributed by atoms with Gasteiger partial charge >= 0.3 is 0 Å². The minimum Gasteiger partial charge on any atom is -0.316 e. The van der Waals surface area contributed by atoms with Gasteiger partial charge in [0, 0.05) is 0 Å². The minimum absolute atomic E-state index is 0.877. The third-order valence-electron chi connectivity index (χ3n) is 3.86. The number of aryl methyl sites for hydroxylation is 1. The number of hydrogen-bond acceptors (Lipinski definition) is 1. The molecule has 1 aromatic rings. The van der Waals surface area contributed by atoms with E-state index < -0.39 is 0 Å². The van der Waals surface area contributed by atoms with Crippen molar-refractivity contribution < 1.29 is 0 Å². The second-order valence-electron chi connectivity index (χ2n) is 4.61. The van der Waals surface area contributed by atoms with Gasteiger partial charge in [-0.2, -0.15) is 0 Å². The van der Waals surface area contributed by atoms with Crippen LogP contribution in [0.5, 0.6) is 0 Å². The largest absolute Gasteiger partial charge is 0.316 e. The van der Waals surface area contributed by atoms with Gasteiger partial charge in [0.15, 0.2) is 0 Å². The Bertz CT molecular complexity index is 318. The smallest absolute Gasteiger partial charge is 0.00111 e. The van der Waals surface area contributed by atoms with E-state index in [1.807, 2.05) is 0 Å². The molecule has 74 valence electrons. The van der Waals surface area contributed by atoms with Crippen LogP contribution in [0.4, 0.5) is 0 Å². The average Bonchev–Trinajstić information content (AvgIpc) is 2.72. The summed E-state index contributed by atoms with van der Waals surface area (Å²) in [5.74, 6) is 2.77. The Morgan fingerprint density at radius 1 is 1.14 bits per heavy atom. The van der Waals surface area contributed by atoms with Crippen molar-refractivity contribution in [3.63, 3.8) is 0 Å². The van der Waals surface area contributed by atoms with Crippen molar-refractivity contribution in [2.75, 3.05) is 13.1 Å². The van der Waals surface area contributed by atoms with Crippen molar-refractivity contribution in [2.45, 2.75) is 19.3 Å². The Labute approximate surface area is 85.5 Å². The molecule has 0 amide bonds. The highest BCUT2D eigenvalue weighted by atomic mass is 15.0. The van der Waals surface area contributed by atoms with Crippen LogP contribution in [0.3, 0.4) is 0 Å². The van der Waals surface area contributed by atoms with Crippen LogP contribution < -0.4 is 5.32 Å². The van der Waals surface area contributed by atoms with Crippen LogP contribution in [0.25, 0.3) is 0 Å². The summed E-state index contributed by atoms with van der Waals surface area (Å²) < 4.78 is 0. The standard InChI is InChI=1S/C13H17N/c1-2-9-3-5-10(6-4-9)13-11-7-14-8-12(11)13/h3-6,11-14H,2,7-8H2,1H3/t11-,12+,13?. The molecule has 1 N–H and O–H groups in total. The van der Waals surface area contributed by atoms with Crippen LogP contribution in [0, 0.1) is 11.8 Å². The summed E-state index contributed by atoms with van der Waals surface area (Å²) in [5.41, 5.74) is 3.02. The molecule has 1 aromatic carbocycles. The summed E-state index contributed by atoms with van der Waals surface area (Å²) in [6.45, 7) is 4.69. The van der Waals surface area contributed by atoms with Gasteiger partial charge in [-0.05, 0) is 48.4 Å². The highest BCUT2D eigenvalue weighted by molar-refractivity contribution is 5.32. The van der Waals surface area contributed by atoms with E-state index in [4.69, 9.17) is 0 Å². The molecule has 0 spiro atoms. The van der Waals surface area contributed by atoms with E-state index in [2.05, 4.69) is 36.5 Å². The molecule has 0 aromatic heterocycles. The number of hydrogen-bond donors (Lipinski definition) is 1. The molecule has 0 radical (unpaired) electrons. The van der Waals surface area contributed by atoms with Gasteiger partial charge in [-0.15, -0.1) is 0 Å². The topological polar surface area (TPSA) is 12.0 Å². The van der Waals surface area contributed by atoms with E-state index in [0.29, 0.717) is 0 Å². The first-order chi connectivity index (χ1) is 6.90. The van der Waals surface area contributed by atoms with E-state index in [0.717, 1.165) is 24.2 Å². The molecule has 1 heteroatoms. The minimum atomic E-state index is 0.877. The summed E-state index contributed by atoms with van der Waals surface area (Å²) in [6.07, 6.45) is 1.15. The summed E-state index contributed by atoms with van der Waals surface area (Å²) in [5, 5.41) is 3.44. The molecule has 1 heterocycles. The van der Waals surface area contributed by atoms with E-state index in [9.17, 15) is 0 Å².